The first-order valence-corrected chi connectivity index (χ1v) is 11.5. The van der Waals surface area contributed by atoms with Gasteiger partial charge in [-0.1, -0.05) is 6.07 Å². The Balaban J connectivity index is 1.35. The summed E-state index contributed by atoms with van der Waals surface area (Å²) in [4.78, 5) is 16.6. The number of nitrogens with one attached hydrogen (secondary N) is 1. The Morgan fingerprint density at radius 2 is 1.76 bits per heavy atom. The highest BCUT2D eigenvalue weighted by Crippen LogP contribution is 2.35. The largest absolute Gasteiger partial charge is 0.497 e. The van der Waals surface area contributed by atoms with E-state index in [4.69, 9.17) is 9.47 Å². The summed E-state index contributed by atoms with van der Waals surface area (Å²) in [5.41, 5.74) is 1.22. The van der Waals surface area contributed by atoms with Crippen molar-refractivity contribution in [3.63, 3.8) is 0 Å². The normalized spacial score (nSPS) is 12.5. The third-order valence-corrected chi connectivity index (χ3v) is 6.12. The Kier molecular flexibility index (Phi) is 6.52. The van der Waals surface area contributed by atoms with Crippen LogP contribution < -0.4 is 20.5 Å². The van der Waals surface area contributed by atoms with Crippen LogP contribution in [0.2, 0.25) is 0 Å². The van der Waals surface area contributed by atoms with Gasteiger partial charge in [0.25, 0.3) is 0 Å². The summed E-state index contributed by atoms with van der Waals surface area (Å²) in [6.45, 7) is 0.369. The predicted octanol–water partition coefficient (Wildman–Crippen LogP) is 6.18. The van der Waals surface area contributed by atoms with Crippen LogP contribution in [0.3, 0.4) is 0 Å². The number of anilines is 1. The Morgan fingerprint density at radius 3 is 2.47 bits per heavy atom. The molecular formula is C27H20F5N3O3. The number of alkyl halides is 3. The second-order valence-corrected chi connectivity index (χ2v) is 8.60. The van der Waals surface area contributed by atoms with E-state index in [2.05, 4.69) is 10.3 Å². The highest BCUT2D eigenvalue weighted by Gasteiger charge is 2.31. The molecule has 0 bridgehead atoms. The maximum atomic E-state index is 14.7. The Hall–Kier alpha value is -4.41. The molecule has 5 rings (SSSR count). The summed E-state index contributed by atoms with van der Waals surface area (Å²) in [5.74, 6) is -2.46. The summed E-state index contributed by atoms with van der Waals surface area (Å²) in [7, 11) is 1.57. The summed E-state index contributed by atoms with van der Waals surface area (Å²) in [6, 6.07) is 12.9. The number of ether oxygens (including phenoxy) is 2. The van der Waals surface area contributed by atoms with Crippen LogP contribution in [0.1, 0.15) is 16.7 Å². The van der Waals surface area contributed by atoms with Crippen molar-refractivity contribution in [2.45, 2.75) is 25.7 Å². The SMILES string of the molecule is COc1ccc2c(c1)CCn1c-2cc(NCc2cc(F)c(Oc3cccc(C(F)(F)F)c3)c(F)c2)nc1=O. The van der Waals surface area contributed by atoms with E-state index in [0.717, 1.165) is 41.5 Å². The first kappa shape index (κ1) is 25.2. The van der Waals surface area contributed by atoms with E-state index >= 15 is 0 Å². The van der Waals surface area contributed by atoms with Crippen molar-refractivity contribution in [2.75, 3.05) is 12.4 Å². The molecule has 0 fully saturated rings. The maximum absolute atomic E-state index is 14.7. The van der Waals surface area contributed by atoms with E-state index in [1.54, 1.807) is 23.8 Å². The number of methoxy groups -OCH3 is 1. The van der Waals surface area contributed by atoms with Crippen molar-refractivity contribution in [3.8, 4) is 28.5 Å². The second-order valence-electron chi connectivity index (χ2n) is 8.60. The fourth-order valence-electron chi connectivity index (χ4n) is 4.28. The molecule has 1 aromatic heterocycles. The van der Waals surface area contributed by atoms with Gasteiger partial charge in [-0.25, -0.2) is 13.6 Å². The molecule has 0 amide bonds. The maximum Gasteiger partial charge on any atom is 0.416 e. The van der Waals surface area contributed by atoms with Crippen LogP contribution in [0.25, 0.3) is 11.3 Å². The minimum Gasteiger partial charge on any atom is -0.497 e. The van der Waals surface area contributed by atoms with E-state index in [9.17, 15) is 26.7 Å². The smallest absolute Gasteiger partial charge is 0.416 e. The number of rotatable bonds is 6. The van der Waals surface area contributed by atoms with Gasteiger partial charge in [0.15, 0.2) is 17.4 Å². The molecular weight excluding hydrogens is 509 g/mol. The summed E-state index contributed by atoms with van der Waals surface area (Å²) in [6.07, 6.45) is -3.99. The van der Waals surface area contributed by atoms with Crippen molar-refractivity contribution in [1.82, 2.24) is 9.55 Å². The van der Waals surface area contributed by atoms with Gasteiger partial charge in [-0.2, -0.15) is 18.2 Å². The van der Waals surface area contributed by atoms with Crippen LogP contribution >= 0.6 is 0 Å². The molecule has 0 aliphatic carbocycles. The number of hydrogen-bond acceptors (Lipinski definition) is 5. The van der Waals surface area contributed by atoms with Crippen molar-refractivity contribution >= 4 is 5.82 Å². The first-order chi connectivity index (χ1) is 18.1. The Labute approximate surface area is 213 Å². The van der Waals surface area contributed by atoms with Gasteiger partial charge in [0.1, 0.15) is 17.3 Å². The fourth-order valence-corrected chi connectivity index (χ4v) is 4.28. The number of fused-ring (bicyclic) bond motifs is 3. The van der Waals surface area contributed by atoms with E-state index in [-0.39, 0.29) is 23.7 Å². The third-order valence-electron chi connectivity index (χ3n) is 6.12. The summed E-state index contributed by atoms with van der Waals surface area (Å²) >= 11 is 0. The lowest BCUT2D eigenvalue weighted by molar-refractivity contribution is -0.137. The van der Waals surface area contributed by atoms with Gasteiger partial charge < -0.3 is 14.8 Å². The molecule has 0 radical (unpaired) electrons. The topological polar surface area (TPSA) is 65.4 Å². The first-order valence-electron chi connectivity index (χ1n) is 11.5. The molecule has 0 saturated carbocycles. The Bertz CT molecular complexity index is 1560. The lowest BCUT2D eigenvalue weighted by Crippen LogP contribution is -2.29. The van der Waals surface area contributed by atoms with Gasteiger partial charge in [-0.05, 0) is 66.1 Å². The molecule has 2 heterocycles. The minimum atomic E-state index is -4.63. The van der Waals surface area contributed by atoms with Crippen LogP contribution in [-0.2, 0) is 25.7 Å². The number of hydrogen-bond donors (Lipinski definition) is 1. The number of halogens is 5. The molecule has 1 aliphatic rings. The Morgan fingerprint density at radius 1 is 1.00 bits per heavy atom. The van der Waals surface area contributed by atoms with Gasteiger partial charge in [0, 0.05) is 24.7 Å². The van der Waals surface area contributed by atoms with Gasteiger partial charge in [0.2, 0.25) is 0 Å². The molecule has 6 nitrogen and oxygen atoms in total. The molecule has 196 valence electrons. The predicted molar refractivity (Wildman–Crippen MR) is 129 cm³/mol. The van der Waals surface area contributed by atoms with Crippen molar-refractivity contribution < 1.29 is 31.4 Å². The number of aromatic nitrogens is 2. The van der Waals surface area contributed by atoms with Crippen LogP contribution in [-0.4, -0.2) is 16.7 Å². The van der Waals surface area contributed by atoms with E-state index in [1.165, 1.54) is 0 Å². The van der Waals surface area contributed by atoms with Crippen molar-refractivity contribution in [3.05, 3.63) is 99.5 Å². The molecule has 0 spiro atoms. The molecule has 4 aromatic rings. The van der Waals surface area contributed by atoms with Crippen LogP contribution in [0.15, 0.2) is 65.5 Å². The molecule has 11 heteroatoms. The quantitative estimate of drug-likeness (QED) is 0.303. The highest BCUT2D eigenvalue weighted by atomic mass is 19.4. The minimum absolute atomic E-state index is 0.0803. The third kappa shape index (κ3) is 5.04. The zero-order valence-corrected chi connectivity index (χ0v) is 19.9. The van der Waals surface area contributed by atoms with E-state index < -0.39 is 34.8 Å². The van der Waals surface area contributed by atoms with E-state index in [0.29, 0.717) is 30.5 Å². The molecule has 0 atom stereocenters. The zero-order valence-electron chi connectivity index (χ0n) is 19.9. The molecule has 0 unspecified atom stereocenters. The lowest BCUT2D eigenvalue weighted by atomic mass is 9.97. The van der Waals surface area contributed by atoms with Gasteiger partial charge in [0.05, 0.1) is 18.4 Å². The lowest BCUT2D eigenvalue weighted by Gasteiger charge is -2.22. The van der Waals surface area contributed by atoms with Gasteiger partial charge in [-0.15, -0.1) is 0 Å². The average molecular weight is 529 g/mol. The van der Waals surface area contributed by atoms with Crippen LogP contribution in [0, 0.1) is 11.6 Å². The number of nitrogens with zero attached hydrogens (tertiary/aromatic N) is 2. The molecule has 3 aromatic carbocycles. The average Bonchev–Trinajstić information content (AvgIpc) is 2.88. The second kappa shape index (κ2) is 9.81. The fraction of sp³-hybridized carbons (Fsp3) is 0.185. The van der Waals surface area contributed by atoms with Gasteiger partial charge in [-0.3, -0.25) is 4.57 Å². The molecule has 0 saturated heterocycles. The standard InChI is InChI=1S/C27H20F5N3O3/c1-37-18-5-6-20-16(11-18)7-8-35-23(20)13-24(34-26(35)36)33-14-15-9-21(28)25(22(29)10-15)38-19-4-2-3-17(12-19)27(30,31)32/h2-6,9-13H,7-8,14H2,1H3,(H,33,34,36). The van der Waals surface area contributed by atoms with E-state index in [1.807, 2.05) is 12.1 Å². The highest BCUT2D eigenvalue weighted by molar-refractivity contribution is 5.69. The van der Waals surface area contributed by atoms with Crippen molar-refractivity contribution in [1.29, 1.82) is 0 Å². The van der Waals surface area contributed by atoms with Crippen LogP contribution in [0.5, 0.6) is 17.2 Å². The zero-order chi connectivity index (χ0) is 27.0. The number of aryl methyl sites for hydroxylation is 1. The monoisotopic (exact) mass is 529 g/mol. The van der Waals surface area contributed by atoms with Crippen molar-refractivity contribution in [2.24, 2.45) is 0 Å². The molecule has 1 N–H and O–H groups in total. The molecule has 38 heavy (non-hydrogen) atoms. The molecule has 1 aliphatic heterocycles. The number of benzene rings is 3. The van der Waals surface area contributed by atoms with Crippen LogP contribution in [0.4, 0.5) is 27.8 Å². The summed E-state index contributed by atoms with van der Waals surface area (Å²) in [5, 5.41) is 2.90. The summed E-state index contributed by atoms with van der Waals surface area (Å²) < 4.78 is 80.0. The van der Waals surface area contributed by atoms with Gasteiger partial charge >= 0.3 is 11.9 Å².